The maximum atomic E-state index is 10.6. The molecule has 0 spiro atoms. The molecule has 2 unspecified atom stereocenters. The maximum Gasteiger partial charge on any atom is 0.356 e. The Morgan fingerprint density at radius 2 is 2.24 bits per heavy atom. The van der Waals surface area contributed by atoms with Crippen molar-refractivity contribution in [2.75, 3.05) is 5.32 Å². The average molecular weight is 235 g/mol. The van der Waals surface area contributed by atoms with Crippen LogP contribution in [0.5, 0.6) is 0 Å². The van der Waals surface area contributed by atoms with Crippen LogP contribution < -0.4 is 5.32 Å². The van der Waals surface area contributed by atoms with Crippen LogP contribution in [0.4, 0.5) is 5.82 Å². The van der Waals surface area contributed by atoms with Gasteiger partial charge in [0.25, 0.3) is 0 Å². The molecule has 0 amide bonds. The number of nitrogens with zero attached hydrogens (tertiary/aromatic N) is 2. The normalized spacial score (nSPS) is 26.9. The summed E-state index contributed by atoms with van der Waals surface area (Å²) in [5, 5.41) is 12.0. The van der Waals surface area contributed by atoms with Crippen LogP contribution in [-0.2, 0) is 0 Å². The first-order valence-electron chi connectivity index (χ1n) is 5.75. The van der Waals surface area contributed by atoms with E-state index >= 15 is 0 Å². The molecule has 5 heteroatoms. The highest BCUT2D eigenvalue weighted by Gasteiger charge is 2.52. The van der Waals surface area contributed by atoms with Crippen molar-refractivity contribution in [1.82, 2.24) is 9.97 Å². The second-order valence-electron chi connectivity index (χ2n) is 5.15. The van der Waals surface area contributed by atoms with Gasteiger partial charge in [-0.25, -0.2) is 14.8 Å². The van der Waals surface area contributed by atoms with E-state index in [2.05, 4.69) is 36.1 Å². The van der Waals surface area contributed by atoms with E-state index in [9.17, 15) is 4.79 Å². The largest absolute Gasteiger partial charge is 0.476 e. The standard InChI is InChI=1S/C12H17N3O2/c1-7(2)12(3)4-9(12)15-10-6-13-8(5-14-10)11(16)17/h5-7,9H,4H2,1-3H3,(H,14,15)(H,16,17). The Morgan fingerprint density at radius 1 is 1.53 bits per heavy atom. The number of hydrogen-bond donors (Lipinski definition) is 2. The number of anilines is 1. The summed E-state index contributed by atoms with van der Waals surface area (Å²) in [5.41, 5.74) is 0.283. The van der Waals surface area contributed by atoms with Gasteiger partial charge >= 0.3 is 5.97 Å². The van der Waals surface area contributed by atoms with Gasteiger partial charge in [0.1, 0.15) is 5.82 Å². The van der Waals surface area contributed by atoms with Gasteiger partial charge in [-0.2, -0.15) is 0 Å². The third kappa shape index (κ3) is 2.23. The zero-order valence-electron chi connectivity index (χ0n) is 10.3. The third-order valence-electron chi connectivity index (χ3n) is 3.79. The molecular weight excluding hydrogens is 218 g/mol. The third-order valence-corrected chi connectivity index (χ3v) is 3.79. The lowest BCUT2D eigenvalue weighted by molar-refractivity contribution is 0.0690. The minimum Gasteiger partial charge on any atom is -0.476 e. The number of carboxylic acids is 1. The van der Waals surface area contributed by atoms with Crippen LogP contribution in [0.2, 0.25) is 0 Å². The van der Waals surface area contributed by atoms with Gasteiger partial charge in [0.15, 0.2) is 5.69 Å². The van der Waals surface area contributed by atoms with Gasteiger partial charge in [-0.3, -0.25) is 0 Å². The van der Waals surface area contributed by atoms with E-state index in [1.54, 1.807) is 0 Å². The first kappa shape index (κ1) is 11.8. The van der Waals surface area contributed by atoms with E-state index in [0.29, 0.717) is 23.2 Å². The molecule has 1 fully saturated rings. The summed E-state index contributed by atoms with van der Waals surface area (Å²) in [6, 6.07) is 0.410. The molecule has 1 saturated carbocycles. The zero-order valence-corrected chi connectivity index (χ0v) is 10.3. The van der Waals surface area contributed by atoms with Gasteiger partial charge in [0, 0.05) is 6.04 Å². The maximum absolute atomic E-state index is 10.6. The number of nitrogens with one attached hydrogen (secondary N) is 1. The Hall–Kier alpha value is -1.65. The molecule has 0 saturated heterocycles. The lowest BCUT2D eigenvalue weighted by Crippen LogP contribution is -2.17. The van der Waals surface area contributed by atoms with Crippen LogP contribution >= 0.6 is 0 Å². The van der Waals surface area contributed by atoms with Gasteiger partial charge < -0.3 is 10.4 Å². The lowest BCUT2D eigenvalue weighted by atomic mass is 9.94. The van der Waals surface area contributed by atoms with Gasteiger partial charge in [-0.05, 0) is 17.8 Å². The summed E-state index contributed by atoms with van der Waals surface area (Å²) in [6.07, 6.45) is 3.87. The SMILES string of the molecule is CC(C)C1(C)CC1Nc1cnc(C(=O)O)cn1. The number of aromatic carboxylic acids is 1. The molecule has 1 aromatic heterocycles. The summed E-state index contributed by atoms with van der Waals surface area (Å²) in [4.78, 5) is 18.5. The van der Waals surface area contributed by atoms with Crippen LogP contribution in [-0.4, -0.2) is 27.1 Å². The first-order chi connectivity index (χ1) is 7.93. The highest BCUT2D eigenvalue weighted by atomic mass is 16.4. The van der Waals surface area contributed by atoms with E-state index in [0.717, 1.165) is 6.42 Å². The van der Waals surface area contributed by atoms with Crippen molar-refractivity contribution < 1.29 is 9.90 Å². The predicted octanol–water partition coefficient (Wildman–Crippen LogP) is 2.02. The van der Waals surface area contributed by atoms with Crippen LogP contribution in [0, 0.1) is 11.3 Å². The Balaban J connectivity index is 2.00. The minimum atomic E-state index is -1.05. The molecule has 1 aromatic rings. The summed E-state index contributed by atoms with van der Waals surface area (Å²) < 4.78 is 0. The van der Waals surface area contributed by atoms with Gasteiger partial charge in [-0.15, -0.1) is 0 Å². The van der Waals surface area contributed by atoms with Crippen LogP contribution in [0.1, 0.15) is 37.7 Å². The molecule has 2 N–H and O–H groups in total. The molecule has 0 radical (unpaired) electrons. The molecule has 1 heterocycles. The van der Waals surface area contributed by atoms with Crippen molar-refractivity contribution >= 4 is 11.8 Å². The fourth-order valence-electron chi connectivity index (χ4n) is 1.93. The second kappa shape index (κ2) is 3.98. The zero-order chi connectivity index (χ0) is 12.6. The van der Waals surface area contributed by atoms with Crippen molar-refractivity contribution in [2.45, 2.75) is 33.2 Å². The molecule has 1 aliphatic carbocycles. The smallest absolute Gasteiger partial charge is 0.356 e. The van der Waals surface area contributed by atoms with E-state index < -0.39 is 5.97 Å². The Bertz CT molecular complexity index is 430. The highest BCUT2D eigenvalue weighted by molar-refractivity contribution is 5.84. The van der Waals surface area contributed by atoms with Gasteiger partial charge in [0.05, 0.1) is 12.4 Å². The number of rotatable bonds is 4. The highest BCUT2D eigenvalue weighted by Crippen LogP contribution is 2.52. The quantitative estimate of drug-likeness (QED) is 0.835. The topological polar surface area (TPSA) is 75.1 Å². The van der Waals surface area contributed by atoms with Crippen molar-refractivity contribution in [1.29, 1.82) is 0 Å². The monoisotopic (exact) mass is 235 g/mol. The Kier molecular flexibility index (Phi) is 2.77. The number of hydrogen-bond acceptors (Lipinski definition) is 4. The summed E-state index contributed by atoms with van der Waals surface area (Å²) in [6.45, 7) is 6.66. The predicted molar refractivity (Wildman–Crippen MR) is 64.0 cm³/mol. The van der Waals surface area contributed by atoms with E-state index in [-0.39, 0.29) is 5.69 Å². The van der Waals surface area contributed by atoms with E-state index in [4.69, 9.17) is 5.11 Å². The molecule has 0 aromatic carbocycles. The summed E-state index contributed by atoms with van der Waals surface area (Å²) >= 11 is 0. The average Bonchev–Trinajstić information content (AvgIpc) is 2.92. The fourth-order valence-corrected chi connectivity index (χ4v) is 1.93. The van der Waals surface area contributed by atoms with Crippen molar-refractivity contribution in [3.63, 3.8) is 0 Å². The second-order valence-corrected chi connectivity index (χ2v) is 5.15. The number of carboxylic acid groups (broad SMARTS) is 1. The lowest BCUT2D eigenvalue weighted by Gasteiger charge is -2.16. The Morgan fingerprint density at radius 3 is 2.65 bits per heavy atom. The molecular formula is C12H17N3O2. The van der Waals surface area contributed by atoms with Crippen molar-refractivity contribution in [3.05, 3.63) is 18.1 Å². The van der Waals surface area contributed by atoms with Crippen molar-refractivity contribution in [2.24, 2.45) is 11.3 Å². The van der Waals surface area contributed by atoms with Gasteiger partial charge in [0.2, 0.25) is 0 Å². The fraction of sp³-hybridized carbons (Fsp3) is 0.583. The molecule has 92 valence electrons. The van der Waals surface area contributed by atoms with Gasteiger partial charge in [-0.1, -0.05) is 20.8 Å². The summed E-state index contributed by atoms with van der Waals surface area (Å²) in [7, 11) is 0. The summed E-state index contributed by atoms with van der Waals surface area (Å²) in [5.74, 6) is 0.207. The van der Waals surface area contributed by atoms with Crippen LogP contribution in [0.3, 0.4) is 0 Å². The number of aromatic nitrogens is 2. The molecule has 0 aliphatic heterocycles. The molecule has 1 aliphatic rings. The molecule has 0 bridgehead atoms. The van der Waals surface area contributed by atoms with Crippen LogP contribution in [0.25, 0.3) is 0 Å². The molecule has 2 rings (SSSR count). The molecule has 2 atom stereocenters. The van der Waals surface area contributed by atoms with E-state index in [1.807, 2.05) is 0 Å². The molecule has 17 heavy (non-hydrogen) atoms. The Labute approximate surface area is 100 Å². The molecule has 5 nitrogen and oxygen atoms in total. The minimum absolute atomic E-state index is 0.0297. The van der Waals surface area contributed by atoms with Crippen molar-refractivity contribution in [3.8, 4) is 0 Å². The first-order valence-corrected chi connectivity index (χ1v) is 5.75. The number of carbonyl (C=O) groups is 1. The van der Waals surface area contributed by atoms with E-state index in [1.165, 1.54) is 12.4 Å². The van der Waals surface area contributed by atoms with Crippen LogP contribution in [0.15, 0.2) is 12.4 Å².